The lowest BCUT2D eigenvalue weighted by Gasteiger charge is -2.35. The first kappa shape index (κ1) is 20.6. The van der Waals surface area contributed by atoms with Crippen LogP contribution in [-0.2, 0) is 9.59 Å². The number of piperazine rings is 1. The number of amides is 2. The Bertz CT molecular complexity index is 943. The molecule has 0 aliphatic carbocycles. The molecule has 0 bridgehead atoms. The molecule has 0 atom stereocenters. The van der Waals surface area contributed by atoms with Crippen molar-refractivity contribution < 1.29 is 14.3 Å². The molecule has 4 rings (SSSR count). The summed E-state index contributed by atoms with van der Waals surface area (Å²) in [6.45, 7) is 10.3. The molecular weight excluding hydrogens is 398 g/mol. The fourth-order valence-electron chi connectivity index (χ4n) is 3.92. The Morgan fingerprint density at radius 3 is 2.27 bits per heavy atom. The monoisotopic (exact) mass is 425 g/mol. The van der Waals surface area contributed by atoms with E-state index in [0.29, 0.717) is 17.0 Å². The van der Waals surface area contributed by atoms with Crippen LogP contribution in [0.3, 0.4) is 0 Å². The van der Waals surface area contributed by atoms with Crippen LogP contribution in [0.4, 0.5) is 5.69 Å². The van der Waals surface area contributed by atoms with E-state index in [9.17, 15) is 9.59 Å². The van der Waals surface area contributed by atoms with E-state index < -0.39 is 0 Å². The van der Waals surface area contributed by atoms with Crippen molar-refractivity contribution in [1.82, 2.24) is 9.80 Å². The van der Waals surface area contributed by atoms with Gasteiger partial charge in [-0.05, 0) is 56.1 Å². The highest BCUT2D eigenvalue weighted by Gasteiger charge is 2.43. The third-order valence-corrected chi connectivity index (χ3v) is 6.32. The maximum absolute atomic E-state index is 13.5. The number of imide groups is 1. The minimum atomic E-state index is -0.257. The van der Waals surface area contributed by atoms with Crippen molar-refractivity contribution in [3.63, 3.8) is 0 Å². The third kappa shape index (κ3) is 3.87. The zero-order valence-corrected chi connectivity index (χ0v) is 18.4. The maximum atomic E-state index is 13.5. The molecule has 0 radical (unpaired) electrons. The predicted octanol–water partition coefficient (Wildman–Crippen LogP) is 3.46. The van der Waals surface area contributed by atoms with E-state index >= 15 is 0 Å². The van der Waals surface area contributed by atoms with E-state index in [-0.39, 0.29) is 17.9 Å². The molecule has 7 heteroatoms. The van der Waals surface area contributed by atoms with Gasteiger partial charge in [-0.15, -0.1) is 11.3 Å². The van der Waals surface area contributed by atoms with Gasteiger partial charge in [0.25, 0.3) is 11.8 Å². The summed E-state index contributed by atoms with van der Waals surface area (Å²) in [4.78, 5) is 33.5. The molecule has 30 heavy (non-hydrogen) atoms. The van der Waals surface area contributed by atoms with Crippen LogP contribution in [0.15, 0.2) is 47.5 Å². The lowest BCUT2D eigenvalue weighted by Crippen LogP contribution is -2.47. The summed E-state index contributed by atoms with van der Waals surface area (Å²) in [5.74, 6) is 0.217. The van der Waals surface area contributed by atoms with Gasteiger partial charge in [-0.3, -0.25) is 9.59 Å². The molecule has 158 valence electrons. The van der Waals surface area contributed by atoms with Crippen molar-refractivity contribution >= 4 is 34.4 Å². The fraction of sp³-hybridized carbons (Fsp3) is 0.391. The molecule has 6 nitrogen and oxygen atoms in total. The Kier molecular flexibility index (Phi) is 5.92. The van der Waals surface area contributed by atoms with E-state index in [2.05, 4.69) is 16.7 Å². The Morgan fingerprint density at radius 2 is 1.70 bits per heavy atom. The van der Waals surface area contributed by atoms with Crippen molar-refractivity contribution in [1.29, 1.82) is 0 Å². The molecular formula is C23H27N3O3S. The van der Waals surface area contributed by atoms with Crippen molar-refractivity contribution in [3.05, 3.63) is 52.4 Å². The van der Waals surface area contributed by atoms with E-state index in [1.54, 1.807) is 24.3 Å². The first-order valence-corrected chi connectivity index (χ1v) is 11.3. The van der Waals surface area contributed by atoms with Gasteiger partial charge in [0.15, 0.2) is 0 Å². The van der Waals surface area contributed by atoms with Crippen LogP contribution < -0.4 is 9.64 Å². The molecule has 1 aromatic heterocycles. The Labute approximate surface area is 181 Å². The van der Waals surface area contributed by atoms with Crippen LogP contribution in [0.1, 0.15) is 25.6 Å². The largest absolute Gasteiger partial charge is 0.491 e. The number of hydrogen-bond acceptors (Lipinski definition) is 6. The minimum absolute atomic E-state index is 0.0615. The Balaban J connectivity index is 1.67. The summed E-state index contributed by atoms with van der Waals surface area (Å²) in [5.41, 5.74) is 1.61. The summed E-state index contributed by atoms with van der Waals surface area (Å²) < 4.78 is 5.69. The number of carbonyl (C=O) groups excluding carboxylic acids is 2. The number of nitrogens with zero attached hydrogens (tertiary/aromatic N) is 3. The number of ether oxygens (including phenoxy) is 1. The van der Waals surface area contributed by atoms with Gasteiger partial charge in [0.1, 0.15) is 11.4 Å². The Hall–Kier alpha value is -2.64. The van der Waals surface area contributed by atoms with Gasteiger partial charge >= 0.3 is 0 Å². The average Bonchev–Trinajstić information content (AvgIpc) is 3.35. The maximum Gasteiger partial charge on any atom is 0.282 e. The van der Waals surface area contributed by atoms with Gasteiger partial charge in [-0.1, -0.05) is 13.0 Å². The number of benzene rings is 1. The third-order valence-electron chi connectivity index (χ3n) is 5.43. The highest BCUT2D eigenvalue weighted by Crippen LogP contribution is 2.37. The fourth-order valence-corrected chi connectivity index (χ4v) is 4.69. The minimum Gasteiger partial charge on any atom is -0.491 e. The predicted molar refractivity (Wildman–Crippen MR) is 120 cm³/mol. The van der Waals surface area contributed by atoms with Crippen molar-refractivity contribution in [2.75, 3.05) is 37.6 Å². The molecule has 2 aliphatic rings. The molecule has 1 aromatic carbocycles. The van der Waals surface area contributed by atoms with E-state index in [0.717, 1.165) is 43.4 Å². The second-order valence-corrected chi connectivity index (χ2v) is 8.68. The van der Waals surface area contributed by atoms with Crippen molar-refractivity contribution in [2.24, 2.45) is 0 Å². The molecule has 2 aliphatic heterocycles. The number of hydrogen-bond donors (Lipinski definition) is 0. The van der Waals surface area contributed by atoms with Gasteiger partial charge in [0, 0.05) is 31.1 Å². The number of anilines is 1. The smallest absolute Gasteiger partial charge is 0.282 e. The zero-order valence-electron chi connectivity index (χ0n) is 17.6. The molecule has 2 aromatic rings. The quantitative estimate of drug-likeness (QED) is 0.664. The van der Waals surface area contributed by atoms with E-state index in [1.165, 1.54) is 16.2 Å². The van der Waals surface area contributed by atoms with Crippen LogP contribution in [-0.4, -0.2) is 60.4 Å². The van der Waals surface area contributed by atoms with Crippen LogP contribution in [0.25, 0.3) is 5.57 Å². The molecule has 1 saturated heterocycles. The summed E-state index contributed by atoms with van der Waals surface area (Å²) >= 11 is 1.49. The van der Waals surface area contributed by atoms with Crippen LogP contribution >= 0.6 is 11.3 Å². The lowest BCUT2D eigenvalue weighted by atomic mass is 10.1. The normalized spacial score (nSPS) is 18.1. The van der Waals surface area contributed by atoms with Crippen molar-refractivity contribution in [2.45, 2.75) is 26.9 Å². The first-order valence-electron chi connectivity index (χ1n) is 10.4. The summed E-state index contributed by atoms with van der Waals surface area (Å²) in [7, 11) is 0. The van der Waals surface area contributed by atoms with Gasteiger partial charge in [0.2, 0.25) is 0 Å². The van der Waals surface area contributed by atoms with Crippen molar-refractivity contribution in [3.8, 4) is 5.75 Å². The van der Waals surface area contributed by atoms with E-state index in [1.807, 2.05) is 31.4 Å². The average molecular weight is 426 g/mol. The van der Waals surface area contributed by atoms with Crippen LogP contribution in [0.5, 0.6) is 5.75 Å². The lowest BCUT2D eigenvalue weighted by molar-refractivity contribution is -0.120. The molecule has 1 fully saturated rings. The summed E-state index contributed by atoms with van der Waals surface area (Å²) in [6.07, 6.45) is 0.0615. The van der Waals surface area contributed by atoms with Crippen LogP contribution in [0, 0.1) is 0 Å². The summed E-state index contributed by atoms with van der Waals surface area (Å²) in [6, 6.07) is 11.0. The Morgan fingerprint density at radius 1 is 1.00 bits per heavy atom. The SMILES string of the molecule is CCN1CCN(C2=C(c3cccs3)C(=O)N(c3ccc(OC(C)C)cc3)C2=O)CC1. The van der Waals surface area contributed by atoms with Gasteiger partial charge < -0.3 is 14.5 Å². The molecule has 0 N–H and O–H groups in total. The second-order valence-electron chi connectivity index (χ2n) is 7.73. The second kappa shape index (κ2) is 8.62. The molecule has 0 saturated carbocycles. The van der Waals surface area contributed by atoms with Gasteiger partial charge in [0.05, 0.1) is 17.4 Å². The highest BCUT2D eigenvalue weighted by molar-refractivity contribution is 7.11. The summed E-state index contributed by atoms with van der Waals surface area (Å²) in [5, 5.41) is 1.94. The van der Waals surface area contributed by atoms with Gasteiger partial charge in [-0.2, -0.15) is 0 Å². The topological polar surface area (TPSA) is 53.1 Å². The molecule has 2 amide bonds. The molecule has 0 spiro atoms. The molecule has 3 heterocycles. The number of rotatable bonds is 6. The number of likely N-dealkylation sites (N-methyl/N-ethyl adjacent to an activating group) is 1. The van der Waals surface area contributed by atoms with Crippen LogP contribution in [0.2, 0.25) is 0 Å². The number of carbonyl (C=O) groups is 2. The molecule has 0 unspecified atom stereocenters. The zero-order chi connectivity index (χ0) is 21.3. The standard InChI is InChI=1S/C23H27N3O3S/c1-4-24-11-13-25(14-12-24)21-20(19-6-5-15-30-19)22(27)26(23(21)28)17-7-9-18(10-8-17)29-16(2)3/h5-10,15-16H,4,11-14H2,1-3H3. The van der Waals surface area contributed by atoms with Gasteiger partial charge in [-0.25, -0.2) is 4.90 Å². The highest BCUT2D eigenvalue weighted by atomic mass is 32.1. The van der Waals surface area contributed by atoms with E-state index in [4.69, 9.17) is 4.74 Å². The number of thiophene rings is 1. The first-order chi connectivity index (χ1) is 14.5.